The van der Waals surface area contributed by atoms with E-state index in [0.717, 1.165) is 0 Å². The van der Waals surface area contributed by atoms with Gasteiger partial charge in [0.15, 0.2) is 9.84 Å². The first kappa shape index (κ1) is 18.5. The van der Waals surface area contributed by atoms with Crippen molar-refractivity contribution in [2.24, 2.45) is 16.7 Å². The van der Waals surface area contributed by atoms with Crippen LogP contribution in [0.1, 0.15) is 62.3 Å². The van der Waals surface area contributed by atoms with E-state index in [1.807, 2.05) is 20.8 Å². The second kappa shape index (κ2) is 5.48. The number of sulfone groups is 1. The normalized spacial score (nSPS) is 15.6. The molecule has 0 bridgehead atoms. The van der Waals surface area contributed by atoms with Crippen molar-refractivity contribution in [3.8, 4) is 11.8 Å². The van der Waals surface area contributed by atoms with Crippen LogP contribution in [0.25, 0.3) is 0 Å². The fourth-order valence-corrected chi connectivity index (χ4v) is 3.01. The van der Waals surface area contributed by atoms with Gasteiger partial charge in [0, 0.05) is 11.3 Å². The summed E-state index contributed by atoms with van der Waals surface area (Å²) in [6, 6.07) is 0. The first-order valence-corrected chi connectivity index (χ1v) is 8.49. The highest BCUT2D eigenvalue weighted by molar-refractivity contribution is 7.92. The predicted octanol–water partition coefficient (Wildman–Crippen LogP) is 3.91. The molecule has 0 fully saturated rings. The Morgan fingerprint density at radius 1 is 0.947 bits per heavy atom. The maximum Gasteiger partial charge on any atom is 0.155 e. The molecule has 1 unspecified atom stereocenters. The second-order valence-electron chi connectivity index (χ2n) is 8.10. The third-order valence-electron chi connectivity index (χ3n) is 3.33. The van der Waals surface area contributed by atoms with Crippen LogP contribution in [0.4, 0.5) is 0 Å². The summed E-state index contributed by atoms with van der Waals surface area (Å²) < 4.78 is 23.9. The minimum Gasteiger partial charge on any atom is -0.228 e. The Morgan fingerprint density at radius 2 is 1.37 bits per heavy atom. The molecule has 0 saturated carbocycles. The Bertz CT molecular complexity index is 460. The van der Waals surface area contributed by atoms with Crippen molar-refractivity contribution < 1.29 is 8.42 Å². The molecule has 0 heterocycles. The van der Waals surface area contributed by atoms with Gasteiger partial charge in [-0.15, -0.1) is 0 Å². The van der Waals surface area contributed by atoms with E-state index < -0.39 is 14.6 Å². The molecule has 0 radical (unpaired) electrons. The predicted molar refractivity (Wildman–Crippen MR) is 83.7 cm³/mol. The van der Waals surface area contributed by atoms with Gasteiger partial charge in [0.2, 0.25) is 0 Å². The Labute approximate surface area is 120 Å². The Hall–Kier alpha value is -0.490. The Kier molecular flexibility index (Phi) is 5.34. The number of rotatable bonds is 3. The Balaban J connectivity index is 5.15. The summed E-state index contributed by atoms with van der Waals surface area (Å²) in [5.41, 5.74) is -0.391. The molecule has 0 N–H and O–H groups in total. The topological polar surface area (TPSA) is 34.1 Å². The van der Waals surface area contributed by atoms with E-state index >= 15 is 0 Å². The van der Waals surface area contributed by atoms with Gasteiger partial charge < -0.3 is 0 Å². The SMILES string of the molecule is CC(C#CC(C)(C)C)C(C)(C)CS(=O)(=O)C(C)(C)C. The molecule has 112 valence electrons. The lowest BCUT2D eigenvalue weighted by molar-refractivity contribution is 0.323. The molecule has 19 heavy (non-hydrogen) atoms. The lowest BCUT2D eigenvalue weighted by atomic mass is 9.81. The van der Waals surface area contributed by atoms with E-state index in [2.05, 4.69) is 32.6 Å². The molecule has 0 spiro atoms. The highest BCUT2D eigenvalue weighted by atomic mass is 32.2. The van der Waals surface area contributed by atoms with E-state index in [1.165, 1.54) is 0 Å². The average Bonchev–Trinajstić information content (AvgIpc) is 2.09. The van der Waals surface area contributed by atoms with Crippen LogP contribution >= 0.6 is 0 Å². The lowest BCUT2D eigenvalue weighted by Gasteiger charge is -2.32. The van der Waals surface area contributed by atoms with Crippen LogP contribution in [0.15, 0.2) is 0 Å². The van der Waals surface area contributed by atoms with Gasteiger partial charge in [0.1, 0.15) is 0 Å². The molecule has 0 aliphatic carbocycles. The van der Waals surface area contributed by atoms with Gasteiger partial charge in [-0.25, -0.2) is 8.42 Å². The minimum absolute atomic E-state index is 0.0452. The van der Waals surface area contributed by atoms with Gasteiger partial charge in [-0.1, -0.05) is 32.6 Å². The van der Waals surface area contributed by atoms with Crippen molar-refractivity contribution in [1.82, 2.24) is 0 Å². The summed E-state index contributed by atoms with van der Waals surface area (Å²) in [5, 5.41) is 0. The van der Waals surface area contributed by atoms with E-state index in [1.54, 1.807) is 20.8 Å². The molecule has 0 amide bonds. The van der Waals surface area contributed by atoms with E-state index in [0.29, 0.717) is 0 Å². The maximum atomic E-state index is 12.3. The van der Waals surface area contributed by atoms with Gasteiger partial charge >= 0.3 is 0 Å². The summed E-state index contributed by atoms with van der Waals surface area (Å²) in [5.74, 6) is 6.65. The summed E-state index contributed by atoms with van der Waals surface area (Å²) in [7, 11) is -3.12. The Morgan fingerprint density at radius 3 is 1.68 bits per heavy atom. The van der Waals surface area contributed by atoms with Gasteiger partial charge in [0.05, 0.1) is 10.5 Å². The standard InChI is InChI=1S/C16H30O2S/c1-13(10-11-14(2,3)4)16(8,9)12-19(17,18)15(5,6)7/h13H,12H2,1-9H3. The highest BCUT2D eigenvalue weighted by Crippen LogP contribution is 2.32. The van der Waals surface area contributed by atoms with E-state index in [4.69, 9.17) is 0 Å². The van der Waals surface area contributed by atoms with Gasteiger partial charge in [-0.05, 0) is 47.0 Å². The molecular weight excluding hydrogens is 256 g/mol. The molecule has 0 aliphatic rings. The molecule has 1 atom stereocenters. The van der Waals surface area contributed by atoms with Crippen molar-refractivity contribution in [3.05, 3.63) is 0 Å². The molecule has 2 nitrogen and oxygen atoms in total. The molecule has 0 aromatic rings. The number of hydrogen-bond donors (Lipinski definition) is 0. The van der Waals surface area contributed by atoms with Crippen molar-refractivity contribution in [2.75, 3.05) is 5.75 Å². The van der Waals surface area contributed by atoms with E-state index in [-0.39, 0.29) is 22.5 Å². The van der Waals surface area contributed by atoms with Crippen LogP contribution in [0.3, 0.4) is 0 Å². The zero-order chi connectivity index (χ0) is 15.7. The average molecular weight is 286 g/mol. The quantitative estimate of drug-likeness (QED) is 0.737. The monoisotopic (exact) mass is 286 g/mol. The largest absolute Gasteiger partial charge is 0.228 e. The van der Waals surface area contributed by atoms with Gasteiger partial charge in [-0.2, -0.15) is 0 Å². The van der Waals surface area contributed by atoms with Crippen molar-refractivity contribution in [1.29, 1.82) is 0 Å². The van der Waals surface area contributed by atoms with E-state index in [9.17, 15) is 8.42 Å². The van der Waals surface area contributed by atoms with Crippen LogP contribution in [0, 0.1) is 28.6 Å². The van der Waals surface area contributed by atoms with Crippen molar-refractivity contribution in [2.45, 2.75) is 67.1 Å². The molecule has 0 aromatic heterocycles. The fraction of sp³-hybridized carbons (Fsp3) is 0.875. The van der Waals surface area contributed by atoms with Crippen molar-refractivity contribution >= 4 is 9.84 Å². The zero-order valence-corrected chi connectivity index (χ0v) is 14.8. The van der Waals surface area contributed by atoms with Crippen LogP contribution in [-0.4, -0.2) is 18.9 Å². The summed E-state index contributed by atoms with van der Waals surface area (Å²) in [4.78, 5) is 0. The van der Waals surface area contributed by atoms with Crippen LogP contribution in [0.5, 0.6) is 0 Å². The molecular formula is C16H30O2S. The summed E-state index contributed by atoms with van der Waals surface area (Å²) in [6.07, 6.45) is 0. The molecule has 0 aromatic carbocycles. The van der Waals surface area contributed by atoms with Crippen molar-refractivity contribution in [3.63, 3.8) is 0 Å². The third kappa shape index (κ3) is 5.99. The first-order valence-electron chi connectivity index (χ1n) is 6.83. The van der Waals surface area contributed by atoms with Gasteiger partial charge in [-0.3, -0.25) is 0 Å². The highest BCUT2D eigenvalue weighted by Gasteiger charge is 2.37. The zero-order valence-electron chi connectivity index (χ0n) is 14.0. The molecule has 0 rings (SSSR count). The molecule has 0 aliphatic heterocycles. The molecule has 3 heteroatoms. The maximum absolute atomic E-state index is 12.3. The van der Waals surface area contributed by atoms with Crippen LogP contribution in [-0.2, 0) is 9.84 Å². The second-order valence-corrected chi connectivity index (χ2v) is 10.8. The third-order valence-corrected chi connectivity index (χ3v) is 6.32. The smallest absolute Gasteiger partial charge is 0.155 e. The lowest BCUT2D eigenvalue weighted by Crippen LogP contribution is -2.38. The van der Waals surface area contributed by atoms with Gasteiger partial charge in [0.25, 0.3) is 0 Å². The minimum atomic E-state index is -3.12. The van der Waals surface area contributed by atoms with Crippen LogP contribution < -0.4 is 0 Å². The summed E-state index contributed by atoms with van der Waals surface area (Å²) in [6.45, 7) is 17.4. The van der Waals surface area contributed by atoms with Crippen LogP contribution in [0.2, 0.25) is 0 Å². The fourth-order valence-electron chi connectivity index (χ4n) is 1.35. The number of hydrogen-bond acceptors (Lipinski definition) is 2. The summed E-state index contributed by atoms with van der Waals surface area (Å²) >= 11 is 0. The first-order chi connectivity index (χ1) is 8.08. The molecule has 0 saturated heterocycles.